The Morgan fingerprint density at radius 3 is 2.50 bits per heavy atom. The summed E-state index contributed by atoms with van der Waals surface area (Å²) in [5, 5.41) is 12.5. The van der Waals surface area contributed by atoms with E-state index < -0.39 is 5.41 Å². The number of benzene rings is 1. The van der Waals surface area contributed by atoms with Crippen molar-refractivity contribution in [1.82, 2.24) is 5.32 Å². The van der Waals surface area contributed by atoms with E-state index in [2.05, 4.69) is 11.4 Å². The van der Waals surface area contributed by atoms with E-state index in [9.17, 15) is 10.1 Å². The molecule has 0 aliphatic heterocycles. The van der Waals surface area contributed by atoms with Gasteiger partial charge in [0.05, 0.1) is 20.3 Å². The van der Waals surface area contributed by atoms with Crippen LogP contribution in [0.1, 0.15) is 44.6 Å². The highest BCUT2D eigenvalue weighted by Crippen LogP contribution is 2.36. The van der Waals surface area contributed by atoms with E-state index >= 15 is 0 Å². The van der Waals surface area contributed by atoms with Gasteiger partial charge in [0, 0.05) is 6.04 Å². The summed E-state index contributed by atoms with van der Waals surface area (Å²) in [6.45, 7) is 1.96. The number of methoxy groups -OCH3 is 2. The first-order valence-corrected chi connectivity index (χ1v) is 8.48. The highest BCUT2D eigenvalue weighted by Gasteiger charge is 2.40. The highest BCUT2D eigenvalue weighted by atomic mass is 16.5. The SMILES string of the molecule is COc1ccc(CC(C)NC(=O)C2(C#N)CCCCC2)cc1OC. The number of nitriles is 1. The van der Waals surface area contributed by atoms with Crippen LogP contribution in [-0.4, -0.2) is 26.2 Å². The minimum absolute atomic E-state index is 0.0530. The molecular weight excluding hydrogens is 304 g/mol. The number of nitrogens with zero attached hydrogens (tertiary/aromatic N) is 1. The van der Waals surface area contributed by atoms with E-state index in [4.69, 9.17) is 9.47 Å². The fourth-order valence-electron chi connectivity index (χ4n) is 3.32. The quantitative estimate of drug-likeness (QED) is 0.869. The molecule has 0 radical (unpaired) electrons. The van der Waals surface area contributed by atoms with Crippen molar-refractivity contribution in [3.05, 3.63) is 23.8 Å². The third-order valence-corrected chi connectivity index (χ3v) is 4.72. The first kappa shape index (κ1) is 18.1. The van der Waals surface area contributed by atoms with Gasteiger partial charge in [-0.1, -0.05) is 25.3 Å². The van der Waals surface area contributed by atoms with Crippen LogP contribution in [0.4, 0.5) is 0 Å². The second kappa shape index (κ2) is 8.05. The molecule has 5 nitrogen and oxygen atoms in total. The van der Waals surface area contributed by atoms with E-state index in [1.165, 1.54) is 0 Å². The molecule has 1 saturated carbocycles. The molecule has 1 amide bonds. The largest absolute Gasteiger partial charge is 0.493 e. The average molecular weight is 330 g/mol. The maximum atomic E-state index is 12.6. The Morgan fingerprint density at radius 1 is 1.25 bits per heavy atom. The smallest absolute Gasteiger partial charge is 0.240 e. The normalized spacial score (nSPS) is 17.4. The second-order valence-electron chi connectivity index (χ2n) is 6.52. The topological polar surface area (TPSA) is 71.3 Å². The maximum absolute atomic E-state index is 12.6. The van der Waals surface area contributed by atoms with Crippen molar-refractivity contribution in [2.45, 2.75) is 51.5 Å². The van der Waals surface area contributed by atoms with Gasteiger partial charge in [-0.05, 0) is 43.9 Å². The Bertz CT molecular complexity index is 616. The van der Waals surface area contributed by atoms with Gasteiger partial charge in [-0.2, -0.15) is 5.26 Å². The third kappa shape index (κ3) is 4.00. The Labute approximate surface area is 144 Å². The van der Waals surface area contributed by atoms with Crippen LogP contribution < -0.4 is 14.8 Å². The van der Waals surface area contributed by atoms with Crippen molar-refractivity contribution in [2.75, 3.05) is 14.2 Å². The molecule has 1 aromatic rings. The lowest BCUT2D eigenvalue weighted by molar-refractivity contribution is -0.130. The summed E-state index contributed by atoms with van der Waals surface area (Å²) in [6, 6.07) is 7.96. The lowest BCUT2D eigenvalue weighted by Gasteiger charge is -2.30. The molecule has 1 aromatic carbocycles. The molecule has 130 valence electrons. The standard InChI is InChI=1S/C19H26N2O3/c1-14(11-15-7-8-16(23-2)17(12-15)24-3)21-18(22)19(13-20)9-5-4-6-10-19/h7-8,12,14H,4-6,9-11H2,1-3H3,(H,21,22). The molecule has 5 heteroatoms. The lowest BCUT2D eigenvalue weighted by atomic mass is 9.74. The van der Waals surface area contributed by atoms with Gasteiger partial charge in [0.2, 0.25) is 5.91 Å². The summed E-state index contributed by atoms with van der Waals surface area (Å²) in [5.74, 6) is 1.23. The van der Waals surface area contributed by atoms with Crippen LogP contribution in [0.3, 0.4) is 0 Å². The van der Waals surface area contributed by atoms with Crippen LogP contribution >= 0.6 is 0 Å². The van der Waals surface area contributed by atoms with Gasteiger partial charge in [-0.3, -0.25) is 4.79 Å². The van der Waals surface area contributed by atoms with Gasteiger partial charge in [0.15, 0.2) is 11.5 Å². The number of hydrogen-bond donors (Lipinski definition) is 1. The Kier molecular flexibility index (Phi) is 6.08. The summed E-state index contributed by atoms with van der Waals surface area (Å²) in [7, 11) is 3.21. The average Bonchev–Trinajstić information content (AvgIpc) is 2.61. The number of ether oxygens (including phenoxy) is 2. The van der Waals surface area contributed by atoms with Crippen LogP contribution in [0.2, 0.25) is 0 Å². The van der Waals surface area contributed by atoms with Gasteiger partial charge in [0.1, 0.15) is 5.41 Å². The Hall–Kier alpha value is -2.22. The van der Waals surface area contributed by atoms with E-state index in [-0.39, 0.29) is 11.9 Å². The molecule has 1 aliphatic rings. The maximum Gasteiger partial charge on any atom is 0.240 e. The molecule has 1 aliphatic carbocycles. The summed E-state index contributed by atoms with van der Waals surface area (Å²) < 4.78 is 10.5. The summed E-state index contributed by atoms with van der Waals surface area (Å²) >= 11 is 0. The lowest BCUT2D eigenvalue weighted by Crippen LogP contribution is -2.45. The first-order chi connectivity index (χ1) is 11.5. The Morgan fingerprint density at radius 2 is 1.92 bits per heavy atom. The fourth-order valence-corrected chi connectivity index (χ4v) is 3.32. The minimum atomic E-state index is -0.843. The van der Waals surface area contributed by atoms with Gasteiger partial charge < -0.3 is 14.8 Å². The van der Waals surface area contributed by atoms with E-state index in [1.54, 1.807) is 14.2 Å². The zero-order chi connectivity index (χ0) is 17.6. The van der Waals surface area contributed by atoms with Crippen LogP contribution in [0.15, 0.2) is 18.2 Å². The first-order valence-electron chi connectivity index (χ1n) is 8.48. The predicted octanol–water partition coefficient (Wildman–Crippen LogP) is 3.23. The van der Waals surface area contributed by atoms with Crippen LogP contribution in [0.25, 0.3) is 0 Å². The highest BCUT2D eigenvalue weighted by molar-refractivity contribution is 5.85. The van der Waals surface area contributed by atoms with Crippen molar-refractivity contribution >= 4 is 5.91 Å². The fraction of sp³-hybridized carbons (Fsp3) is 0.579. The molecule has 0 spiro atoms. The van der Waals surface area contributed by atoms with Crippen molar-refractivity contribution in [1.29, 1.82) is 5.26 Å². The molecular formula is C19H26N2O3. The van der Waals surface area contributed by atoms with Crippen LogP contribution in [0.5, 0.6) is 11.5 Å². The molecule has 1 fully saturated rings. The van der Waals surface area contributed by atoms with E-state index in [0.29, 0.717) is 30.8 Å². The molecule has 0 bridgehead atoms. The van der Waals surface area contributed by atoms with Crippen molar-refractivity contribution in [2.24, 2.45) is 5.41 Å². The molecule has 0 aromatic heterocycles. The molecule has 24 heavy (non-hydrogen) atoms. The number of nitrogens with one attached hydrogen (secondary N) is 1. The van der Waals surface area contributed by atoms with Gasteiger partial charge in [-0.25, -0.2) is 0 Å². The summed E-state index contributed by atoms with van der Waals surface area (Å²) in [4.78, 5) is 12.6. The number of carbonyl (C=O) groups excluding carboxylic acids is 1. The van der Waals surface area contributed by atoms with Crippen molar-refractivity contribution in [3.8, 4) is 17.6 Å². The predicted molar refractivity (Wildman–Crippen MR) is 92.0 cm³/mol. The number of rotatable bonds is 6. The van der Waals surface area contributed by atoms with Crippen molar-refractivity contribution in [3.63, 3.8) is 0 Å². The zero-order valence-electron chi connectivity index (χ0n) is 14.7. The molecule has 2 rings (SSSR count). The summed E-state index contributed by atoms with van der Waals surface area (Å²) in [5.41, 5.74) is 0.208. The Balaban J connectivity index is 2.01. The number of amides is 1. The number of carbonyl (C=O) groups is 1. The minimum Gasteiger partial charge on any atom is -0.493 e. The molecule has 1 N–H and O–H groups in total. The van der Waals surface area contributed by atoms with Crippen LogP contribution in [-0.2, 0) is 11.2 Å². The molecule has 1 unspecified atom stereocenters. The summed E-state index contributed by atoms with van der Waals surface area (Å²) in [6.07, 6.45) is 5.01. The van der Waals surface area contributed by atoms with Crippen molar-refractivity contribution < 1.29 is 14.3 Å². The third-order valence-electron chi connectivity index (χ3n) is 4.72. The van der Waals surface area contributed by atoms with Gasteiger partial charge >= 0.3 is 0 Å². The monoisotopic (exact) mass is 330 g/mol. The molecule has 0 heterocycles. The molecule has 0 saturated heterocycles. The number of hydrogen-bond acceptors (Lipinski definition) is 4. The van der Waals surface area contributed by atoms with Crippen LogP contribution in [0, 0.1) is 16.7 Å². The van der Waals surface area contributed by atoms with E-state index in [0.717, 1.165) is 24.8 Å². The second-order valence-corrected chi connectivity index (χ2v) is 6.52. The molecule has 1 atom stereocenters. The van der Waals surface area contributed by atoms with E-state index in [1.807, 2.05) is 25.1 Å². The van der Waals surface area contributed by atoms with Gasteiger partial charge in [0.25, 0.3) is 0 Å². The van der Waals surface area contributed by atoms with Gasteiger partial charge in [-0.15, -0.1) is 0 Å². The zero-order valence-corrected chi connectivity index (χ0v) is 14.7.